The first-order chi connectivity index (χ1) is 15.7. The second-order valence-electron chi connectivity index (χ2n) is 9.52. The molecule has 0 atom stereocenters. The van der Waals surface area contributed by atoms with E-state index in [1.807, 2.05) is 13.0 Å². The van der Waals surface area contributed by atoms with Crippen LogP contribution in [-0.2, 0) is 24.2 Å². The molecule has 0 radical (unpaired) electrons. The molecule has 0 unspecified atom stereocenters. The molecule has 1 aliphatic heterocycles. The van der Waals surface area contributed by atoms with Gasteiger partial charge < -0.3 is 10.1 Å². The van der Waals surface area contributed by atoms with Gasteiger partial charge >= 0.3 is 0 Å². The van der Waals surface area contributed by atoms with E-state index in [2.05, 4.69) is 25.4 Å². The number of nitrogens with zero attached hydrogens (tertiary/aromatic N) is 3. The number of aromatic amines is 1. The minimum Gasteiger partial charge on any atom is -0.464 e. The zero-order valence-electron chi connectivity index (χ0n) is 19.3. The molecule has 1 amide bonds. The standard InChI is InChI=1S/C23H33F2N5O2S/c1-15-11-18(29-28-15)12-21(31)26-17-5-3-16(4-6-17)7-9-30-10-8-20-19(13-30)27-22(33-20)32-14-23(2,24)25/h11,16-17H,3-10,12-14H2,1-2H3,(H,26,31)(H,28,29)/t16-,17-. The summed E-state index contributed by atoms with van der Waals surface area (Å²) >= 11 is 1.40. The van der Waals surface area contributed by atoms with Crippen LogP contribution in [0.1, 0.15) is 61.0 Å². The van der Waals surface area contributed by atoms with Crippen molar-refractivity contribution in [1.29, 1.82) is 0 Å². The molecule has 10 heteroatoms. The first-order valence-corrected chi connectivity index (χ1v) is 12.6. The minimum atomic E-state index is -2.85. The SMILES string of the molecule is Cc1cc(CC(=O)N[C@H]2CC[C@H](CCN3CCc4sc(OCC(C)(F)F)nc4C3)CC2)[nH]n1. The van der Waals surface area contributed by atoms with Crippen molar-refractivity contribution in [2.75, 3.05) is 19.7 Å². The van der Waals surface area contributed by atoms with E-state index in [1.54, 1.807) is 0 Å². The molecule has 1 aliphatic carbocycles. The summed E-state index contributed by atoms with van der Waals surface area (Å²) in [7, 11) is 0. The molecule has 182 valence electrons. The third-order valence-electron chi connectivity index (χ3n) is 6.41. The lowest BCUT2D eigenvalue weighted by Crippen LogP contribution is -2.39. The fraction of sp³-hybridized carbons (Fsp3) is 0.696. The topological polar surface area (TPSA) is 83.1 Å². The maximum Gasteiger partial charge on any atom is 0.278 e. The first kappa shape index (κ1) is 24.1. The summed E-state index contributed by atoms with van der Waals surface area (Å²) < 4.78 is 31.2. The Morgan fingerprint density at radius 3 is 2.85 bits per heavy atom. The number of nitrogens with one attached hydrogen (secondary N) is 2. The fourth-order valence-electron chi connectivity index (χ4n) is 4.65. The number of aryl methyl sites for hydroxylation is 1. The molecule has 0 bridgehead atoms. The van der Waals surface area contributed by atoms with Gasteiger partial charge in [0.15, 0.2) is 6.61 Å². The van der Waals surface area contributed by atoms with Gasteiger partial charge in [-0.2, -0.15) is 5.10 Å². The number of aromatic nitrogens is 3. The lowest BCUT2D eigenvalue weighted by Gasteiger charge is -2.32. The number of thiazole rings is 1. The molecule has 0 aromatic carbocycles. The van der Waals surface area contributed by atoms with Crippen LogP contribution >= 0.6 is 11.3 Å². The number of amides is 1. The lowest BCUT2D eigenvalue weighted by atomic mass is 9.84. The Morgan fingerprint density at radius 2 is 2.15 bits per heavy atom. The van der Waals surface area contributed by atoms with E-state index < -0.39 is 12.5 Å². The van der Waals surface area contributed by atoms with Gasteiger partial charge in [0.05, 0.1) is 17.8 Å². The maximum atomic E-state index is 13.0. The van der Waals surface area contributed by atoms with Crippen molar-refractivity contribution in [2.24, 2.45) is 5.92 Å². The second-order valence-corrected chi connectivity index (χ2v) is 10.6. The zero-order valence-corrected chi connectivity index (χ0v) is 20.1. The molecule has 2 aromatic heterocycles. The van der Waals surface area contributed by atoms with E-state index >= 15 is 0 Å². The number of rotatable bonds is 9. The van der Waals surface area contributed by atoms with Crippen LogP contribution in [0, 0.1) is 12.8 Å². The Balaban J connectivity index is 1.15. The highest BCUT2D eigenvalue weighted by atomic mass is 32.1. The number of ether oxygens (including phenoxy) is 1. The van der Waals surface area contributed by atoms with Crippen LogP contribution in [-0.4, -0.2) is 57.6 Å². The molecule has 0 saturated heterocycles. The van der Waals surface area contributed by atoms with Crippen LogP contribution in [0.25, 0.3) is 0 Å². The molecular weight excluding hydrogens is 448 g/mol. The monoisotopic (exact) mass is 481 g/mol. The van der Waals surface area contributed by atoms with Crippen molar-refractivity contribution in [1.82, 2.24) is 25.4 Å². The lowest BCUT2D eigenvalue weighted by molar-refractivity contribution is -0.121. The normalized spacial score (nSPS) is 21.6. The fourth-order valence-corrected chi connectivity index (χ4v) is 5.56. The highest BCUT2D eigenvalue weighted by Gasteiger charge is 2.27. The van der Waals surface area contributed by atoms with Crippen molar-refractivity contribution in [3.63, 3.8) is 0 Å². The molecule has 33 heavy (non-hydrogen) atoms. The molecule has 7 nitrogen and oxygen atoms in total. The van der Waals surface area contributed by atoms with Gasteiger partial charge in [-0.1, -0.05) is 11.3 Å². The van der Waals surface area contributed by atoms with E-state index in [9.17, 15) is 13.6 Å². The van der Waals surface area contributed by atoms with Gasteiger partial charge in [0.1, 0.15) is 0 Å². The number of alkyl halides is 2. The van der Waals surface area contributed by atoms with Crippen LogP contribution in [0.4, 0.5) is 8.78 Å². The molecule has 1 fully saturated rings. The van der Waals surface area contributed by atoms with E-state index in [1.165, 1.54) is 11.3 Å². The van der Waals surface area contributed by atoms with Crippen molar-refractivity contribution in [2.45, 2.75) is 77.3 Å². The minimum absolute atomic E-state index is 0.0560. The maximum absolute atomic E-state index is 13.0. The molecular formula is C23H33F2N5O2S. The van der Waals surface area contributed by atoms with E-state index in [-0.39, 0.29) is 11.9 Å². The Kier molecular flexibility index (Phi) is 7.63. The van der Waals surface area contributed by atoms with Crippen LogP contribution in [0.5, 0.6) is 5.19 Å². The summed E-state index contributed by atoms with van der Waals surface area (Å²) in [5.74, 6) is -2.12. The number of H-pyrrole nitrogens is 1. The smallest absolute Gasteiger partial charge is 0.278 e. The van der Waals surface area contributed by atoms with Crippen LogP contribution in [0.15, 0.2) is 6.07 Å². The van der Waals surface area contributed by atoms with Gasteiger partial charge in [-0.25, -0.2) is 13.8 Å². The zero-order chi connectivity index (χ0) is 23.4. The van der Waals surface area contributed by atoms with E-state index in [4.69, 9.17) is 4.74 Å². The largest absolute Gasteiger partial charge is 0.464 e. The quantitative estimate of drug-likeness (QED) is 0.568. The van der Waals surface area contributed by atoms with Gasteiger partial charge in [0.2, 0.25) is 5.91 Å². The molecule has 3 heterocycles. The Hall–Kier alpha value is -2.07. The van der Waals surface area contributed by atoms with Crippen LogP contribution in [0.3, 0.4) is 0 Å². The molecule has 4 rings (SSSR count). The number of halogens is 2. The molecule has 2 aromatic rings. The van der Waals surface area contributed by atoms with Gasteiger partial charge in [0.25, 0.3) is 11.1 Å². The summed E-state index contributed by atoms with van der Waals surface area (Å²) in [4.78, 5) is 20.3. The molecule has 2 N–H and O–H groups in total. The van der Waals surface area contributed by atoms with Crippen molar-refractivity contribution >= 4 is 17.2 Å². The number of hydrogen-bond donors (Lipinski definition) is 2. The van der Waals surface area contributed by atoms with E-state index in [0.717, 1.165) is 87.0 Å². The number of fused-ring (bicyclic) bond motifs is 1. The number of carbonyl (C=O) groups is 1. The van der Waals surface area contributed by atoms with Gasteiger partial charge in [-0.15, -0.1) is 0 Å². The van der Waals surface area contributed by atoms with Crippen LogP contribution < -0.4 is 10.1 Å². The third kappa shape index (κ3) is 7.20. The predicted octanol–water partition coefficient (Wildman–Crippen LogP) is 3.87. The van der Waals surface area contributed by atoms with Gasteiger partial charge in [-0.3, -0.25) is 14.8 Å². The average Bonchev–Trinajstić information content (AvgIpc) is 3.36. The van der Waals surface area contributed by atoms with Crippen molar-refractivity contribution in [3.8, 4) is 5.19 Å². The number of hydrogen-bond acceptors (Lipinski definition) is 6. The second kappa shape index (κ2) is 10.5. The predicted molar refractivity (Wildman–Crippen MR) is 123 cm³/mol. The Labute approximate surface area is 197 Å². The summed E-state index contributed by atoms with van der Waals surface area (Å²) in [5, 5.41) is 10.5. The van der Waals surface area contributed by atoms with Crippen molar-refractivity contribution in [3.05, 3.63) is 28.0 Å². The summed E-state index contributed by atoms with van der Waals surface area (Å²) in [6.45, 7) is 4.87. The first-order valence-electron chi connectivity index (χ1n) is 11.8. The Morgan fingerprint density at radius 1 is 1.36 bits per heavy atom. The average molecular weight is 482 g/mol. The van der Waals surface area contributed by atoms with Gasteiger partial charge in [-0.05, 0) is 64.0 Å². The number of carbonyl (C=O) groups excluding carboxylic acids is 1. The molecule has 2 aliphatic rings. The Bertz CT molecular complexity index is 934. The van der Waals surface area contributed by atoms with Crippen molar-refractivity contribution < 1.29 is 18.3 Å². The summed E-state index contributed by atoms with van der Waals surface area (Å²) in [5.41, 5.74) is 2.72. The summed E-state index contributed by atoms with van der Waals surface area (Å²) in [6.07, 6.45) is 6.70. The van der Waals surface area contributed by atoms with Gasteiger partial charge in [0, 0.05) is 36.6 Å². The van der Waals surface area contributed by atoms with Crippen LogP contribution in [0.2, 0.25) is 0 Å². The molecule has 1 saturated carbocycles. The molecule has 0 spiro atoms. The highest BCUT2D eigenvalue weighted by Crippen LogP contribution is 2.32. The van der Waals surface area contributed by atoms with E-state index in [0.29, 0.717) is 17.5 Å². The highest BCUT2D eigenvalue weighted by molar-refractivity contribution is 7.13. The third-order valence-corrected chi connectivity index (χ3v) is 7.48. The summed E-state index contributed by atoms with van der Waals surface area (Å²) in [6, 6.07) is 2.17.